The van der Waals surface area contributed by atoms with Gasteiger partial charge in [0.25, 0.3) is 5.91 Å². The van der Waals surface area contributed by atoms with E-state index in [4.69, 9.17) is 5.73 Å². The van der Waals surface area contributed by atoms with Gasteiger partial charge in [0.15, 0.2) is 0 Å². The quantitative estimate of drug-likeness (QED) is 0.623. The van der Waals surface area contributed by atoms with Gasteiger partial charge in [0.1, 0.15) is 6.54 Å². The SMILES string of the molecule is COC(=O)CN(C)C(=O)c1cc(C)ccc1N. The largest absolute Gasteiger partial charge is 0.468 e. The molecule has 5 heteroatoms. The highest BCUT2D eigenvalue weighted by Gasteiger charge is 2.17. The minimum atomic E-state index is -0.466. The van der Waals surface area contributed by atoms with Gasteiger partial charge in [0.2, 0.25) is 0 Å². The monoisotopic (exact) mass is 236 g/mol. The summed E-state index contributed by atoms with van der Waals surface area (Å²) in [6.07, 6.45) is 0. The lowest BCUT2D eigenvalue weighted by atomic mass is 10.1. The zero-order valence-electron chi connectivity index (χ0n) is 10.2. The minimum absolute atomic E-state index is 0.0945. The van der Waals surface area contributed by atoms with E-state index in [0.717, 1.165) is 5.56 Å². The fourth-order valence-corrected chi connectivity index (χ4v) is 1.39. The second-order valence-corrected chi connectivity index (χ2v) is 3.83. The summed E-state index contributed by atoms with van der Waals surface area (Å²) in [5, 5.41) is 0. The third kappa shape index (κ3) is 3.21. The van der Waals surface area contributed by atoms with Gasteiger partial charge in [-0.3, -0.25) is 9.59 Å². The third-order valence-corrected chi connectivity index (χ3v) is 2.38. The first-order chi connectivity index (χ1) is 7.95. The van der Waals surface area contributed by atoms with Crippen LogP contribution in [0.15, 0.2) is 18.2 Å². The summed E-state index contributed by atoms with van der Waals surface area (Å²) >= 11 is 0. The number of likely N-dealkylation sites (N-methyl/N-ethyl adjacent to an activating group) is 1. The van der Waals surface area contributed by atoms with E-state index >= 15 is 0 Å². The Bertz CT molecular complexity index is 443. The number of nitrogen functional groups attached to an aromatic ring is 1. The lowest BCUT2D eigenvalue weighted by molar-refractivity contribution is -0.141. The zero-order chi connectivity index (χ0) is 13.0. The van der Waals surface area contributed by atoms with E-state index in [1.807, 2.05) is 13.0 Å². The summed E-state index contributed by atoms with van der Waals surface area (Å²) in [6.45, 7) is 1.78. The van der Waals surface area contributed by atoms with Gasteiger partial charge < -0.3 is 15.4 Å². The first kappa shape index (κ1) is 13.0. The van der Waals surface area contributed by atoms with Gasteiger partial charge in [0.05, 0.1) is 12.7 Å². The molecule has 0 aliphatic rings. The van der Waals surface area contributed by atoms with Gasteiger partial charge in [-0.05, 0) is 19.1 Å². The van der Waals surface area contributed by atoms with Gasteiger partial charge >= 0.3 is 5.97 Å². The molecule has 0 spiro atoms. The molecule has 0 bridgehead atoms. The van der Waals surface area contributed by atoms with Crippen LogP contribution < -0.4 is 5.73 Å². The Balaban J connectivity index is 2.88. The van der Waals surface area contributed by atoms with Crippen molar-refractivity contribution < 1.29 is 14.3 Å². The lowest BCUT2D eigenvalue weighted by Gasteiger charge is -2.17. The maximum Gasteiger partial charge on any atom is 0.325 e. The van der Waals surface area contributed by atoms with Crippen LogP contribution in [0.25, 0.3) is 0 Å². The number of methoxy groups -OCH3 is 1. The molecule has 1 rings (SSSR count). The molecule has 0 radical (unpaired) electrons. The van der Waals surface area contributed by atoms with E-state index in [1.165, 1.54) is 19.1 Å². The molecule has 2 N–H and O–H groups in total. The van der Waals surface area contributed by atoms with Crippen LogP contribution in [0.2, 0.25) is 0 Å². The Morgan fingerprint density at radius 3 is 2.65 bits per heavy atom. The van der Waals surface area contributed by atoms with E-state index in [1.54, 1.807) is 12.1 Å². The van der Waals surface area contributed by atoms with Crippen molar-refractivity contribution in [1.29, 1.82) is 0 Å². The van der Waals surface area contributed by atoms with Crippen molar-refractivity contribution in [3.63, 3.8) is 0 Å². The smallest absolute Gasteiger partial charge is 0.325 e. The third-order valence-electron chi connectivity index (χ3n) is 2.38. The van der Waals surface area contributed by atoms with Crippen LogP contribution in [-0.4, -0.2) is 37.5 Å². The van der Waals surface area contributed by atoms with Gasteiger partial charge in [-0.2, -0.15) is 0 Å². The van der Waals surface area contributed by atoms with Crippen LogP contribution in [-0.2, 0) is 9.53 Å². The number of rotatable bonds is 3. The van der Waals surface area contributed by atoms with Crippen LogP contribution in [0.4, 0.5) is 5.69 Å². The summed E-state index contributed by atoms with van der Waals surface area (Å²) in [4.78, 5) is 24.3. The predicted octanol–water partition coefficient (Wildman–Crippen LogP) is 0.822. The number of amides is 1. The number of benzene rings is 1. The average Bonchev–Trinajstić information content (AvgIpc) is 2.31. The minimum Gasteiger partial charge on any atom is -0.468 e. The molecule has 0 aromatic heterocycles. The molecule has 17 heavy (non-hydrogen) atoms. The predicted molar refractivity (Wildman–Crippen MR) is 64.6 cm³/mol. The Morgan fingerprint density at radius 2 is 2.06 bits per heavy atom. The van der Waals surface area contributed by atoms with Gasteiger partial charge in [-0.1, -0.05) is 11.6 Å². The van der Waals surface area contributed by atoms with E-state index in [-0.39, 0.29) is 12.5 Å². The van der Waals surface area contributed by atoms with Crippen molar-refractivity contribution in [3.8, 4) is 0 Å². The normalized spacial score (nSPS) is 9.82. The molecule has 5 nitrogen and oxygen atoms in total. The summed E-state index contributed by atoms with van der Waals surface area (Å²) in [6, 6.07) is 5.20. The van der Waals surface area contributed by atoms with Crippen LogP contribution in [0.1, 0.15) is 15.9 Å². The second kappa shape index (κ2) is 5.34. The highest BCUT2D eigenvalue weighted by atomic mass is 16.5. The van der Waals surface area contributed by atoms with Crippen LogP contribution in [0, 0.1) is 6.92 Å². The molecule has 0 unspecified atom stereocenters. The molecule has 0 aliphatic carbocycles. The molecule has 0 atom stereocenters. The molecule has 1 aromatic carbocycles. The van der Waals surface area contributed by atoms with Crippen molar-refractivity contribution >= 4 is 17.6 Å². The van der Waals surface area contributed by atoms with Crippen molar-refractivity contribution in [2.75, 3.05) is 26.4 Å². The number of ether oxygens (including phenoxy) is 1. The molecular formula is C12H16N2O3. The fourth-order valence-electron chi connectivity index (χ4n) is 1.39. The molecule has 1 aromatic rings. The lowest BCUT2D eigenvalue weighted by Crippen LogP contribution is -2.33. The van der Waals surface area contributed by atoms with Crippen molar-refractivity contribution in [1.82, 2.24) is 4.90 Å². The Kier molecular flexibility index (Phi) is 4.09. The highest BCUT2D eigenvalue weighted by Crippen LogP contribution is 2.15. The van der Waals surface area contributed by atoms with Crippen molar-refractivity contribution in [3.05, 3.63) is 29.3 Å². The molecule has 0 saturated carbocycles. The summed E-state index contributed by atoms with van der Waals surface area (Å²) in [5.74, 6) is -0.760. The number of aryl methyl sites for hydroxylation is 1. The number of anilines is 1. The molecule has 0 aliphatic heterocycles. The number of esters is 1. The van der Waals surface area contributed by atoms with E-state index in [0.29, 0.717) is 11.3 Å². The number of hydrogen-bond donors (Lipinski definition) is 1. The Labute approximate surface area is 100 Å². The summed E-state index contributed by atoms with van der Waals surface area (Å²) < 4.78 is 4.50. The standard InChI is InChI=1S/C12H16N2O3/c1-8-4-5-10(13)9(6-8)12(16)14(2)7-11(15)17-3/h4-6H,7,13H2,1-3H3. The van der Waals surface area contributed by atoms with Gasteiger partial charge in [-0.25, -0.2) is 0 Å². The maximum atomic E-state index is 12.0. The van der Waals surface area contributed by atoms with Crippen LogP contribution >= 0.6 is 0 Å². The second-order valence-electron chi connectivity index (χ2n) is 3.83. The first-order valence-electron chi connectivity index (χ1n) is 5.14. The number of hydrogen-bond acceptors (Lipinski definition) is 4. The van der Waals surface area contributed by atoms with Crippen molar-refractivity contribution in [2.45, 2.75) is 6.92 Å². The van der Waals surface area contributed by atoms with E-state index in [9.17, 15) is 9.59 Å². The maximum absolute atomic E-state index is 12.0. The van der Waals surface area contributed by atoms with Crippen LogP contribution in [0.3, 0.4) is 0 Å². The van der Waals surface area contributed by atoms with E-state index < -0.39 is 5.97 Å². The molecular weight excluding hydrogens is 220 g/mol. The summed E-state index contributed by atoms with van der Waals surface area (Å²) in [5.41, 5.74) is 7.47. The average molecular weight is 236 g/mol. The Hall–Kier alpha value is -2.04. The molecule has 92 valence electrons. The molecule has 1 amide bonds. The van der Waals surface area contributed by atoms with E-state index in [2.05, 4.69) is 4.74 Å². The molecule has 0 fully saturated rings. The molecule has 0 saturated heterocycles. The molecule has 0 heterocycles. The van der Waals surface area contributed by atoms with Gasteiger partial charge in [0, 0.05) is 12.7 Å². The Morgan fingerprint density at radius 1 is 1.41 bits per heavy atom. The number of carbonyl (C=O) groups excluding carboxylic acids is 2. The van der Waals surface area contributed by atoms with Crippen LogP contribution in [0.5, 0.6) is 0 Å². The first-order valence-corrected chi connectivity index (χ1v) is 5.14. The highest BCUT2D eigenvalue weighted by molar-refractivity contribution is 6.00. The zero-order valence-corrected chi connectivity index (χ0v) is 10.2. The van der Waals surface area contributed by atoms with Crippen molar-refractivity contribution in [2.24, 2.45) is 0 Å². The van der Waals surface area contributed by atoms with Gasteiger partial charge in [-0.15, -0.1) is 0 Å². The number of nitrogens with two attached hydrogens (primary N) is 1. The number of carbonyl (C=O) groups is 2. The summed E-state index contributed by atoms with van der Waals surface area (Å²) in [7, 11) is 2.81. The number of nitrogens with zero attached hydrogens (tertiary/aromatic N) is 1. The topological polar surface area (TPSA) is 72.6 Å². The fraction of sp³-hybridized carbons (Fsp3) is 0.333.